The van der Waals surface area contributed by atoms with Crippen molar-refractivity contribution >= 4 is 23.5 Å². The van der Waals surface area contributed by atoms with Crippen molar-refractivity contribution < 1.29 is 14.4 Å². The Bertz CT molecular complexity index is 486. The quantitative estimate of drug-likeness (QED) is 0.630. The van der Waals surface area contributed by atoms with Crippen molar-refractivity contribution in [3.63, 3.8) is 0 Å². The molecule has 1 aromatic heterocycles. The number of amides is 4. The molecule has 0 aliphatic carbocycles. The van der Waals surface area contributed by atoms with Crippen LogP contribution in [0.5, 0.6) is 0 Å². The zero-order valence-corrected chi connectivity index (χ0v) is 10.0. The Morgan fingerprint density at radius 1 is 1.44 bits per heavy atom. The van der Waals surface area contributed by atoms with Crippen molar-refractivity contribution in [3.8, 4) is 0 Å². The number of rotatable bonds is 3. The number of urea groups is 1. The van der Waals surface area contributed by atoms with Gasteiger partial charge in [-0.05, 0) is 13.8 Å². The minimum Gasteiger partial charge on any atom is -0.329 e. The van der Waals surface area contributed by atoms with Gasteiger partial charge in [0.2, 0.25) is 5.91 Å². The standard InChI is InChI=1S/C10H13N5O3/c1-5-9(6(2)14-13-5)12-7(16)4-15-8(17)3-11-10(15)18/h3-4H2,1-2H3,(H,11,18)(H,12,16)(H,13,14). The number of hydrogen-bond donors (Lipinski definition) is 3. The van der Waals surface area contributed by atoms with Crippen LogP contribution in [0.3, 0.4) is 0 Å². The van der Waals surface area contributed by atoms with E-state index in [-0.39, 0.29) is 13.1 Å². The lowest BCUT2D eigenvalue weighted by atomic mass is 10.3. The van der Waals surface area contributed by atoms with E-state index in [9.17, 15) is 14.4 Å². The van der Waals surface area contributed by atoms with E-state index >= 15 is 0 Å². The van der Waals surface area contributed by atoms with Crippen LogP contribution in [-0.2, 0) is 9.59 Å². The molecule has 2 heterocycles. The maximum Gasteiger partial charge on any atom is 0.325 e. The van der Waals surface area contributed by atoms with Crippen LogP contribution in [0.4, 0.5) is 10.5 Å². The Kier molecular flexibility index (Phi) is 3.00. The van der Waals surface area contributed by atoms with E-state index < -0.39 is 17.8 Å². The zero-order valence-electron chi connectivity index (χ0n) is 10.0. The Morgan fingerprint density at radius 2 is 2.17 bits per heavy atom. The van der Waals surface area contributed by atoms with Crippen molar-refractivity contribution in [2.45, 2.75) is 13.8 Å². The summed E-state index contributed by atoms with van der Waals surface area (Å²) in [5.74, 6) is -0.844. The van der Waals surface area contributed by atoms with Crippen molar-refractivity contribution in [2.24, 2.45) is 0 Å². The number of aromatic amines is 1. The van der Waals surface area contributed by atoms with Gasteiger partial charge in [0.15, 0.2) is 0 Å². The number of aryl methyl sites for hydroxylation is 2. The molecular weight excluding hydrogens is 238 g/mol. The molecule has 0 aromatic carbocycles. The first-order valence-electron chi connectivity index (χ1n) is 5.38. The molecule has 96 valence electrons. The zero-order chi connectivity index (χ0) is 13.3. The van der Waals surface area contributed by atoms with Crippen LogP contribution < -0.4 is 10.6 Å². The smallest absolute Gasteiger partial charge is 0.325 e. The summed E-state index contributed by atoms with van der Waals surface area (Å²) in [6.45, 7) is 3.15. The number of nitrogens with zero attached hydrogens (tertiary/aromatic N) is 2. The van der Waals surface area contributed by atoms with Gasteiger partial charge in [0.1, 0.15) is 6.54 Å². The number of anilines is 1. The third-order valence-electron chi connectivity index (χ3n) is 2.63. The molecule has 2 rings (SSSR count). The molecule has 1 saturated heterocycles. The van der Waals surface area contributed by atoms with Crippen LogP contribution in [0.1, 0.15) is 11.4 Å². The van der Waals surface area contributed by atoms with Crippen LogP contribution in [-0.4, -0.2) is 46.0 Å². The molecule has 0 bridgehead atoms. The van der Waals surface area contributed by atoms with Gasteiger partial charge in [-0.1, -0.05) is 0 Å². The lowest BCUT2D eigenvalue weighted by Gasteiger charge is -2.12. The first-order chi connectivity index (χ1) is 8.49. The molecule has 1 aromatic rings. The van der Waals surface area contributed by atoms with Crippen LogP contribution in [0.15, 0.2) is 0 Å². The van der Waals surface area contributed by atoms with Crippen molar-refractivity contribution in [1.82, 2.24) is 20.4 Å². The van der Waals surface area contributed by atoms with E-state index in [1.165, 1.54) is 0 Å². The molecule has 0 atom stereocenters. The van der Waals surface area contributed by atoms with Crippen molar-refractivity contribution in [3.05, 3.63) is 11.4 Å². The minimum atomic E-state index is -0.546. The van der Waals surface area contributed by atoms with Crippen LogP contribution in [0.2, 0.25) is 0 Å². The highest BCUT2D eigenvalue weighted by molar-refractivity contribution is 6.06. The fourth-order valence-corrected chi connectivity index (χ4v) is 1.67. The molecule has 1 aliphatic rings. The Morgan fingerprint density at radius 3 is 2.67 bits per heavy atom. The monoisotopic (exact) mass is 251 g/mol. The first-order valence-corrected chi connectivity index (χ1v) is 5.38. The van der Waals surface area contributed by atoms with Gasteiger partial charge in [-0.25, -0.2) is 4.79 Å². The Balaban J connectivity index is 2.01. The number of aromatic nitrogens is 2. The van der Waals surface area contributed by atoms with Gasteiger partial charge in [-0.2, -0.15) is 5.10 Å². The highest BCUT2D eigenvalue weighted by atomic mass is 16.2. The normalized spacial score (nSPS) is 14.9. The summed E-state index contributed by atoms with van der Waals surface area (Å²) >= 11 is 0. The average molecular weight is 251 g/mol. The summed E-state index contributed by atoms with van der Waals surface area (Å²) < 4.78 is 0. The second kappa shape index (κ2) is 4.47. The SMILES string of the molecule is Cc1n[nH]c(C)c1NC(=O)CN1C(=O)CNC1=O. The van der Waals surface area contributed by atoms with Crippen LogP contribution in [0.25, 0.3) is 0 Å². The molecule has 0 spiro atoms. The predicted molar refractivity (Wildman–Crippen MR) is 61.8 cm³/mol. The van der Waals surface area contributed by atoms with E-state index in [1.54, 1.807) is 13.8 Å². The molecule has 8 heteroatoms. The molecule has 0 radical (unpaired) electrons. The summed E-state index contributed by atoms with van der Waals surface area (Å²) in [4.78, 5) is 35.2. The third kappa shape index (κ3) is 2.17. The van der Waals surface area contributed by atoms with E-state index in [0.717, 1.165) is 10.6 Å². The number of hydrogen-bond acceptors (Lipinski definition) is 4. The van der Waals surface area contributed by atoms with Gasteiger partial charge >= 0.3 is 6.03 Å². The summed E-state index contributed by atoms with van der Waals surface area (Å²) in [7, 11) is 0. The Labute approximate surface area is 103 Å². The van der Waals surface area contributed by atoms with Crippen LogP contribution in [0, 0.1) is 13.8 Å². The molecule has 4 amide bonds. The van der Waals surface area contributed by atoms with Gasteiger partial charge in [0.25, 0.3) is 5.91 Å². The molecule has 3 N–H and O–H groups in total. The van der Waals surface area contributed by atoms with E-state index in [0.29, 0.717) is 11.4 Å². The molecule has 8 nitrogen and oxygen atoms in total. The van der Waals surface area contributed by atoms with Crippen molar-refractivity contribution in [2.75, 3.05) is 18.4 Å². The maximum absolute atomic E-state index is 11.7. The average Bonchev–Trinajstić information content (AvgIpc) is 2.79. The second-order valence-corrected chi connectivity index (χ2v) is 4.00. The molecule has 1 aliphatic heterocycles. The highest BCUT2D eigenvalue weighted by Gasteiger charge is 2.30. The summed E-state index contributed by atoms with van der Waals surface area (Å²) in [5, 5.41) is 11.6. The van der Waals surface area contributed by atoms with Gasteiger partial charge in [0.05, 0.1) is 23.6 Å². The van der Waals surface area contributed by atoms with Crippen LogP contribution >= 0.6 is 0 Å². The summed E-state index contributed by atoms with van der Waals surface area (Å²) in [5.41, 5.74) is 1.95. The number of nitrogens with one attached hydrogen (secondary N) is 3. The second-order valence-electron chi connectivity index (χ2n) is 4.00. The minimum absolute atomic E-state index is 0.0596. The number of carbonyl (C=O) groups excluding carboxylic acids is 3. The molecule has 0 unspecified atom stereocenters. The predicted octanol–water partition coefficient (Wildman–Crippen LogP) is -0.483. The number of carbonyl (C=O) groups is 3. The van der Waals surface area contributed by atoms with Crippen molar-refractivity contribution in [1.29, 1.82) is 0 Å². The van der Waals surface area contributed by atoms with Gasteiger partial charge in [-0.3, -0.25) is 19.6 Å². The van der Waals surface area contributed by atoms with E-state index in [1.807, 2.05) is 0 Å². The first kappa shape index (κ1) is 12.1. The van der Waals surface area contributed by atoms with Gasteiger partial charge in [-0.15, -0.1) is 0 Å². The maximum atomic E-state index is 11.7. The fraction of sp³-hybridized carbons (Fsp3) is 0.400. The molecule has 18 heavy (non-hydrogen) atoms. The largest absolute Gasteiger partial charge is 0.329 e. The number of H-pyrrole nitrogens is 1. The number of imide groups is 1. The lowest BCUT2D eigenvalue weighted by molar-refractivity contribution is -0.128. The summed E-state index contributed by atoms with van der Waals surface area (Å²) in [6, 6.07) is -0.546. The Hall–Kier alpha value is -2.38. The third-order valence-corrected chi connectivity index (χ3v) is 2.63. The van der Waals surface area contributed by atoms with E-state index in [4.69, 9.17) is 0 Å². The molecule has 1 fully saturated rings. The molecular formula is C10H13N5O3. The van der Waals surface area contributed by atoms with Gasteiger partial charge in [0, 0.05) is 0 Å². The highest BCUT2D eigenvalue weighted by Crippen LogP contribution is 2.15. The topological polar surface area (TPSA) is 107 Å². The molecule has 0 saturated carbocycles. The van der Waals surface area contributed by atoms with E-state index in [2.05, 4.69) is 20.8 Å². The van der Waals surface area contributed by atoms with Gasteiger partial charge < -0.3 is 10.6 Å². The summed E-state index contributed by atoms with van der Waals surface area (Å²) in [6.07, 6.45) is 0. The lowest BCUT2D eigenvalue weighted by Crippen LogP contribution is -2.38. The fourth-order valence-electron chi connectivity index (χ4n) is 1.67.